The highest BCUT2D eigenvalue weighted by Crippen LogP contribution is 2.36. The Morgan fingerprint density at radius 2 is 1.66 bits per heavy atom. The summed E-state index contributed by atoms with van der Waals surface area (Å²) in [4.78, 5) is 16.6. The molecule has 1 aliphatic heterocycles. The van der Waals surface area contributed by atoms with Crippen LogP contribution in [-0.4, -0.2) is 11.9 Å². The molecule has 0 N–H and O–H groups in total. The van der Waals surface area contributed by atoms with Gasteiger partial charge in [-0.15, -0.1) is 0 Å². The standard InChI is InChI=1S/C23H12Br3Cl2NO3/c24-14-3-1-12(2-4-14)11-31-21-17(25)7-13(8-18(21)26)9-20-23(30)32-22(29-20)16-6-5-15(27)10-19(16)28/h1-10H,11H2/b20-9-. The van der Waals surface area contributed by atoms with E-state index in [1.807, 2.05) is 36.4 Å². The van der Waals surface area contributed by atoms with Gasteiger partial charge in [-0.2, -0.15) is 0 Å². The fourth-order valence-corrected chi connectivity index (χ4v) is 5.09. The molecule has 1 heterocycles. The van der Waals surface area contributed by atoms with Gasteiger partial charge in [-0.05, 0) is 91.5 Å². The molecule has 0 bridgehead atoms. The van der Waals surface area contributed by atoms with Gasteiger partial charge in [0.1, 0.15) is 12.4 Å². The fraction of sp³-hybridized carbons (Fsp3) is 0.0435. The van der Waals surface area contributed by atoms with Crippen molar-refractivity contribution in [2.45, 2.75) is 6.61 Å². The molecule has 3 aromatic carbocycles. The summed E-state index contributed by atoms with van der Waals surface area (Å²) in [7, 11) is 0. The van der Waals surface area contributed by atoms with Crippen molar-refractivity contribution < 1.29 is 14.3 Å². The lowest BCUT2D eigenvalue weighted by Crippen LogP contribution is -2.05. The first-order valence-corrected chi connectivity index (χ1v) is 12.3. The zero-order valence-corrected chi connectivity index (χ0v) is 22.3. The molecule has 0 fully saturated rings. The molecule has 0 unspecified atom stereocenters. The van der Waals surface area contributed by atoms with Crippen LogP contribution in [0.3, 0.4) is 0 Å². The Kier molecular flexibility index (Phi) is 7.42. The number of halogens is 5. The molecule has 4 nitrogen and oxygen atoms in total. The number of aliphatic imine (C=N–C) groups is 1. The van der Waals surface area contributed by atoms with Crippen LogP contribution in [-0.2, 0) is 16.1 Å². The molecule has 0 amide bonds. The zero-order valence-electron chi connectivity index (χ0n) is 16.0. The second-order valence-electron chi connectivity index (χ2n) is 6.69. The smallest absolute Gasteiger partial charge is 0.363 e. The number of rotatable bonds is 5. The Labute approximate surface area is 219 Å². The van der Waals surface area contributed by atoms with Gasteiger partial charge < -0.3 is 9.47 Å². The first-order valence-electron chi connectivity index (χ1n) is 9.14. The van der Waals surface area contributed by atoms with Gasteiger partial charge in [0.25, 0.3) is 0 Å². The van der Waals surface area contributed by atoms with E-state index in [1.165, 1.54) is 0 Å². The summed E-state index contributed by atoms with van der Waals surface area (Å²) in [6.07, 6.45) is 1.63. The summed E-state index contributed by atoms with van der Waals surface area (Å²) in [6.45, 7) is 0.409. The first-order chi connectivity index (χ1) is 15.3. The molecule has 162 valence electrons. The molecule has 32 heavy (non-hydrogen) atoms. The van der Waals surface area contributed by atoms with Crippen molar-refractivity contribution in [3.8, 4) is 5.75 Å². The second-order valence-corrected chi connectivity index (χ2v) is 10.2. The lowest BCUT2D eigenvalue weighted by atomic mass is 10.2. The van der Waals surface area contributed by atoms with E-state index >= 15 is 0 Å². The van der Waals surface area contributed by atoms with Crippen LogP contribution in [0.4, 0.5) is 0 Å². The average molecular weight is 661 g/mol. The van der Waals surface area contributed by atoms with E-state index in [1.54, 1.807) is 24.3 Å². The third-order valence-electron chi connectivity index (χ3n) is 4.40. The molecule has 0 aliphatic carbocycles. The number of carbonyl (C=O) groups is 1. The van der Waals surface area contributed by atoms with Crippen LogP contribution in [0, 0.1) is 0 Å². The van der Waals surface area contributed by atoms with Crippen molar-refractivity contribution in [1.82, 2.24) is 0 Å². The highest BCUT2D eigenvalue weighted by Gasteiger charge is 2.26. The summed E-state index contributed by atoms with van der Waals surface area (Å²) in [5, 5.41) is 0.833. The second kappa shape index (κ2) is 10.1. The molecule has 3 aromatic rings. The first kappa shape index (κ1) is 23.5. The van der Waals surface area contributed by atoms with Crippen LogP contribution >= 0.6 is 71.0 Å². The number of esters is 1. The number of hydrogen-bond acceptors (Lipinski definition) is 4. The number of nitrogens with zero attached hydrogens (tertiary/aromatic N) is 1. The molecular weight excluding hydrogens is 649 g/mol. The summed E-state index contributed by atoms with van der Waals surface area (Å²) >= 11 is 22.6. The maximum Gasteiger partial charge on any atom is 0.363 e. The molecular formula is C23H12Br3Cl2NO3. The van der Waals surface area contributed by atoms with E-state index in [0.29, 0.717) is 28.0 Å². The van der Waals surface area contributed by atoms with Gasteiger partial charge >= 0.3 is 5.97 Å². The minimum atomic E-state index is -0.561. The van der Waals surface area contributed by atoms with Crippen molar-refractivity contribution >= 4 is 88.9 Å². The Morgan fingerprint density at radius 3 is 2.31 bits per heavy atom. The highest BCUT2D eigenvalue weighted by molar-refractivity contribution is 9.11. The maximum absolute atomic E-state index is 12.3. The Hall–Kier alpha value is -1.64. The van der Waals surface area contributed by atoms with Gasteiger partial charge in [0.15, 0.2) is 5.70 Å². The van der Waals surface area contributed by atoms with Gasteiger partial charge in [-0.1, -0.05) is 51.3 Å². The van der Waals surface area contributed by atoms with Gasteiger partial charge in [0, 0.05) is 9.50 Å². The van der Waals surface area contributed by atoms with E-state index in [9.17, 15) is 4.79 Å². The van der Waals surface area contributed by atoms with E-state index in [0.717, 1.165) is 24.5 Å². The van der Waals surface area contributed by atoms with Gasteiger partial charge in [-0.25, -0.2) is 9.79 Å². The predicted octanol–water partition coefficient (Wildman–Crippen LogP) is 8.20. The van der Waals surface area contributed by atoms with Crippen molar-refractivity contribution in [3.63, 3.8) is 0 Å². The Balaban J connectivity index is 1.56. The summed E-state index contributed by atoms with van der Waals surface area (Å²) < 4.78 is 13.7. The molecule has 0 atom stereocenters. The molecule has 0 radical (unpaired) electrons. The number of hydrogen-bond donors (Lipinski definition) is 0. The molecule has 0 aromatic heterocycles. The van der Waals surface area contributed by atoms with Crippen LogP contribution in [0.15, 0.2) is 78.7 Å². The summed E-state index contributed by atoms with van der Waals surface area (Å²) in [5.41, 5.74) is 2.42. The average Bonchev–Trinajstić information content (AvgIpc) is 3.08. The van der Waals surface area contributed by atoms with E-state index in [-0.39, 0.29) is 11.6 Å². The third-order valence-corrected chi connectivity index (χ3v) is 6.66. The molecule has 0 saturated carbocycles. The van der Waals surface area contributed by atoms with Crippen molar-refractivity contribution in [2.75, 3.05) is 0 Å². The molecule has 0 spiro atoms. The van der Waals surface area contributed by atoms with E-state index in [2.05, 4.69) is 52.8 Å². The molecule has 9 heteroatoms. The van der Waals surface area contributed by atoms with Crippen molar-refractivity contribution in [1.29, 1.82) is 0 Å². The maximum atomic E-state index is 12.3. The highest BCUT2D eigenvalue weighted by atomic mass is 79.9. The largest absolute Gasteiger partial charge is 0.487 e. The minimum Gasteiger partial charge on any atom is -0.487 e. The predicted molar refractivity (Wildman–Crippen MR) is 137 cm³/mol. The number of ether oxygens (including phenoxy) is 2. The van der Waals surface area contributed by atoms with Crippen LogP contribution < -0.4 is 4.74 Å². The zero-order chi connectivity index (χ0) is 22.8. The van der Waals surface area contributed by atoms with Gasteiger partial charge in [0.2, 0.25) is 5.90 Å². The molecule has 1 aliphatic rings. The minimum absolute atomic E-state index is 0.135. The van der Waals surface area contributed by atoms with E-state index < -0.39 is 5.97 Å². The summed E-state index contributed by atoms with van der Waals surface area (Å²) in [5.74, 6) is 0.227. The SMILES string of the molecule is O=C1OC(c2ccc(Cl)cc2Cl)=N/C1=C\c1cc(Br)c(OCc2ccc(Br)cc2)c(Br)c1. The van der Waals surface area contributed by atoms with Crippen LogP contribution in [0.1, 0.15) is 16.7 Å². The normalized spacial score (nSPS) is 14.5. The van der Waals surface area contributed by atoms with E-state index in [4.69, 9.17) is 32.7 Å². The van der Waals surface area contributed by atoms with Crippen LogP contribution in [0.2, 0.25) is 10.0 Å². The third kappa shape index (κ3) is 5.46. The lowest BCUT2D eigenvalue weighted by Gasteiger charge is -2.11. The van der Waals surface area contributed by atoms with Gasteiger partial charge in [-0.3, -0.25) is 0 Å². The summed E-state index contributed by atoms with van der Waals surface area (Å²) in [6, 6.07) is 16.5. The lowest BCUT2D eigenvalue weighted by molar-refractivity contribution is -0.129. The van der Waals surface area contributed by atoms with Crippen molar-refractivity contribution in [3.05, 3.63) is 100 Å². The monoisotopic (exact) mass is 657 g/mol. The number of cyclic esters (lactones) is 1. The van der Waals surface area contributed by atoms with Crippen molar-refractivity contribution in [2.24, 2.45) is 4.99 Å². The van der Waals surface area contributed by atoms with Crippen LogP contribution in [0.5, 0.6) is 5.75 Å². The number of benzene rings is 3. The number of carbonyl (C=O) groups excluding carboxylic acids is 1. The van der Waals surface area contributed by atoms with Gasteiger partial charge in [0.05, 0.1) is 19.5 Å². The molecule has 4 rings (SSSR count). The quantitative estimate of drug-likeness (QED) is 0.205. The van der Waals surface area contributed by atoms with Crippen LogP contribution in [0.25, 0.3) is 6.08 Å². The Morgan fingerprint density at radius 1 is 0.969 bits per heavy atom. The topological polar surface area (TPSA) is 47.9 Å². The molecule has 0 saturated heterocycles. The Bertz CT molecular complexity index is 1250. The fourth-order valence-electron chi connectivity index (χ4n) is 2.88.